The number of benzene rings is 1. The second-order valence-corrected chi connectivity index (χ2v) is 8.17. The molecule has 6 heteroatoms. The number of carbonyl (C=O) groups excluding carboxylic acids is 1. The summed E-state index contributed by atoms with van der Waals surface area (Å²) in [6.45, 7) is 4.51. The second-order valence-electron chi connectivity index (χ2n) is 5.60. The maximum Gasteiger partial charge on any atom is 0.348 e. The summed E-state index contributed by atoms with van der Waals surface area (Å²) < 4.78 is 5.86. The van der Waals surface area contributed by atoms with E-state index in [2.05, 4.69) is 43.1 Å². The molecule has 3 rings (SSSR count). The zero-order chi connectivity index (χ0) is 17.1. The van der Waals surface area contributed by atoms with Gasteiger partial charge in [0.25, 0.3) is 0 Å². The number of halogens is 1. The van der Waals surface area contributed by atoms with Crippen molar-refractivity contribution in [3.8, 4) is 10.6 Å². The van der Waals surface area contributed by atoms with Crippen LogP contribution in [0.2, 0.25) is 4.34 Å². The number of thiophene rings is 1. The number of ether oxygens (including phenoxy) is 1. The van der Waals surface area contributed by atoms with E-state index in [0.717, 1.165) is 16.3 Å². The van der Waals surface area contributed by atoms with Crippen LogP contribution < -0.4 is 0 Å². The predicted molar refractivity (Wildman–Crippen MR) is 100 cm³/mol. The lowest BCUT2D eigenvalue weighted by Crippen LogP contribution is -2.03. The normalized spacial score (nSPS) is 11.0. The summed E-state index contributed by atoms with van der Waals surface area (Å²) in [6, 6.07) is 11.8. The number of carbonyl (C=O) groups is 1. The Kier molecular flexibility index (Phi) is 5.33. The van der Waals surface area contributed by atoms with Gasteiger partial charge in [0.05, 0.1) is 10.0 Å². The highest BCUT2D eigenvalue weighted by Gasteiger charge is 2.12. The van der Waals surface area contributed by atoms with Crippen LogP contribution in [0.1, 0.15) is 40.7 Å². The number of hydrogen-bond acceptors (Lipinski definition) is 5. The van der Waals surface area contributed by atoms with Crippen molar-refractivity contribution in [2.24, 2.45) is 0 Å². The third-order valence-corrected chi connectivity index (χ3v) is 5.65. The fraction of sp³-hybridized carbons (Fsp3) is 0.222. The van der Waals surface area contributed by atoms with Crippen LogP contribution in [0.25, 0.3) is 10.6 Å². The van der Waals surface area contributed by atoms with Gasteiger partial charge in [0.2, 0.25) is 0 Å². The van der Waals surface area contributed by atoms with E-state index >= 15 is 0 Å². The van der Waals surface area contributed by atoms with Crippen LogP contribution in [0, 0.1) is 0 Å². The van der Waals surface area contributed by atoms with Gasteiger partial charge in [-0.2, -0.15) is 0 Å². The largest absolute Gasteiger partial charge is 0.455 e. The minimum absolute atomic E-state index is 0.162. The molecule has 0 N–H and O–H groups in total. The molecule has 2 aromatic heterocycles. The molecule has 0 radical (unpaired) electrons. The molecule has 0 unspecified atom stereocenters. The highest BCUT2D eigenvalue weighted by molar-refractivity contribution is 7.17. The van der Waals surface area contributed by atoms with Gasteiger partial charge in [-0.3, -0.25) is 0 Å². The molecule has 0 spiro atoms. The third kappa shape index (κ3) is 4.04. The van der Waals surface area contributed by atoms with Gasteiger partial charge in [0, 0.05) is 10.9 Å². The molecule has 0 saturated heterocycles. The van der Waals surface area contributed by atoms with E-state index in [9.17, 15) is 4.79 Å². The molecule has 0 aliphatic heterocycles. The van der Waals surface area contributed by atoms with Crippen molar-refractivity contribution in [1.82, 2.24) is 4.98 Å². The first-order valence-electron chi connectivity index (χ1n) is 7.50. The summed E-state index contributed by atoms with van der Waals surface area (Å²) in [5, 5.41) is 2.84. The van der Waals surface area contributed by atoms with Crippen LogP contribution in [0.4, 0.5) is 0 Å². The van der Waals surface area contributed by atoms with Crippen molar-refractivity contribution >= 4 is 40.2 Å². The molecule has 124 valence electrons. The second kappa shape index (κ2) is 7.47. The maximum absolute atomic E-state index is 11.9. The van der Waals surface area contributed by atoms with Gasteiger partial charge < -0.3 is 4.74 Å². The first-order chi connectivity index (χ1) is 11.5. The van der Waals surface area contributed by atoms with Gasteiger partial charge in [-0.05, 0) is 23.6 Å². The molecule has 0 saturated carbocycles. The van der Waals surface area contributed by atoms with Crippen molar-refractivity contribution in [2.45, 2.75) is 26.4 Å². The monoisotopic (exact) mass is 377 g/mol. The van der Waals surface area contributed by atoms with Gasteiger partial charge in [-0.15, -0.1) is 22.7 Å². The van der Waals surface area contributed by atoms with Crippen LogP contribution >= 0.6 is 34.3 Å². The average molecular weight is 378 g/mol. The van der Waals surface area contributed by atoms with Gasteiger partial charge >= 0.3 is 5.97 Å². The predicted octanol–water partition coefficient (Wildman–Crippen LogP) is 6.01. The first-order valence-corrected chi connectivity index (χ1v) is 9.57. The fourth-order valence-corrected chi connectivity index (χ4v) is 3.90. The minimum atomic E-state index is -0.372. The molecule has 0 bridgehead atoms. The van der Waals surface area contributed by atoms with Crippen LogP contribution in [-0.2, 0) is 11.3 Å². The third-order valence-electron chi connectivity index (χ3n) is 3.50. The van der Waals surface area contributed by atoms with Crippen molar-refractivity contribution in [3.05, 3.63) is 62.2 Å². The molecule has 2 heterocycles. The highest BCUT2D eigenvalue weighted by Crippen LogP contribution is 2.26. The van der Waals surface area contributed by atoms with E-state index in [4.69, 9.17) is 16.3 Å². The lowest BCUT2D eigenvalue weighted by molar-refractivity contribution is 0.0474. The van der Waals surface area contributed by atoms with E-state index in [1.54, 1.807) is 23.5 Å². The Morgan fingerprint density at radius 3 is 2.58 bits per heavy atom. The number of thiazole rings is 1. The summed E-state index contributed by atoms with van der Waals surface area (Å²) >= 11 is 8.58. The van der Waals surface area contributed by atoms with Crippen molar-refractivity contribution < 1.29 is 9.53 Å². The Labute approximate surface area is 153 Å². The summed E-state index contributed by atoms with van der Waals surface area (Å²) in [4.78, 5) is 17.0. The average Bonchev–Trinajstić information content (AvgIpc) is 3.22. The standard InChI is InChI=1S/C18H16ClNO2S2/c1-11(2)12-3-5-13(6-4-12)17-20-14(10-23-17)9-22-18(21)15-7-8-16(19)24-15/h3-8,10-11H,9H2,1-2H3. The molecule has 0 atom stereocenters. The Hall–Kier alpha value is -1.69. The quantitative estimate of drug-likeness (QED) is 0.511. The Bertz CT molecular complexity index is 837. The van der Waals surface area contributed by atoms with Crippen LogP contribution in [-0.4, -0.2) is 11.0 Å². The molecule has 0 fully saturated rings. The lowest BCUT2D eigenvalue weighted by atomic mass is 10.0. The first kappa shape index (κ1) is 17.1. The zero-order valence-electron chi connectivity index (χ0n) is 13.3. The number of nitrogens with zero attached hydrogens (tertiary/aromatic N) is 1. The van der Waals surface area contributed by atoms with Gasteiger partial charge in [0.1, 0.15) is 16.5 Å². The van der Waals surface area contributed by atoms with E-state index < -0.39 is 0 Å². The number of aromatic nitrogens is 1. The smallest absolute Gasteiger partial charge is 0.348 e. The van der Waals surface area contributed by atoms with E-state index in [-0.39, 0.29) is 12.6 Å². The van der Waals surface area contributed by atoms with Crippen LogP contribution in [0.15, 0.2) is 41.8 Å². The number of esters is 1. The Morgan fingerprint density at radius 1 is 1.21 bits per heavy atom. The molecule has 0 amide bonds. The molecule has 3 aromatic rings. The minimum Gasteiger partial charge on any atom is -0.455 e. The van der Waals surface area contributed by atoms with Gasteiger partial charge in [-0.1, -0.05) is 49.7 Å². The van der Waals surface area contributed by atoms with Crippen LogP contribution in [0.5, 0.6) is 0 Å². The van der Waals surface area contributed by atoms with Gasteiger partial charge in [-0.25, -0.2) is 9.78 Å². The Balaban J connectivity index is 1.64. The topological polar surface area (TPSA) is 39.2 Å². The summed E-state index contributed by atoms with van der Waals surface area (Å²) in [6.07, 6.45) is 0. The Morgan fingerprint density at radius 2 is 1.96 bits per heavy atom. The SMILES string of the molecule is CC(C)c1ccc(-c2nc(COC(=O)c3ccc(Cl)s3)cs2)cc1. The lowest BCUT2D eigenvalue weighted by Gasteiger charge is -2.05. The molecule has 0 aliphatic rings. The number of rotatable bonds is 5. The fourth-order valence-electron chi connectivity index (χ4n) is 2.15. The molecule has 24 heavy (non-hydrogen) atoms. The summed E-state index contributed by atoms with van der Waals surface area (Å²) in [7, 11) is 0. The van der Waals surface area contributed by atoms with E-state index in [1.165, 1.54) is 16.9 Å². The van der Waals surface area contributed by atoms with E-state index in [0.29, 0.717) is 15.1 Å². The zero-order valence-corrected chi connectivity index (χ0v) is 15.7. The molecule has 3 nitrogen and oxygen atoms in total. The molecule has 1 aromatic carbocycles. The van der Waals surface area contributed by atoms with Crippen molar-refractivity contribution in [2.75, 3.05) is 0 Å². The van der Waals surface area contributed by atoms with E-state index in [1.807, 2.05) is 5.38 Å². The number of hydrogen-bond donors (Lipinski definition) is 0. The van der Waals surface area contributed by atoms with Gasteiger partial charge in [0.15, 0.2) is 0 Å². The molecular weight excluding hydrogens is 362 g/mol. The molecular formula is C18H16ClNO2S2. The summed E-state index contributed by atoms with van der Waals surface area (Å²) in [5.41, 5.74) is 3.13. The molecule has 0 aliphatic carbocycles. The highest BCUT2D eigenvalue weighted by atomic mass is 35.5. The maximum atomic E-state index is 11.9. The summed E-state index contributed by atoms with van der Waals surface area (Å²) in [5.74, 6) is 0.138. The van der Waals surface area contributed by atoms with Crippen molar-refractivity contribution in [3.63, 3.8) is 0 Å². The van der Waals surface area contributed by atoms with Crippen LogP contribution in [0.3, 0.4) is 0 Å². The van der Waals surface area contributed by atoms with Crippen molar-refractivity contribution in [1.29, 1.82) is 0 Å².